The minimum Gasteiger partial charge on any atom is -0.386 e. The number of benzene rings is 1. The van der Waals surface area contributed by atoms with E-state index in [0.29, 0.717) is 4.90 Å². The highest BCUT2D eigenvalue weighted by Gasteiger charge is 2.27. The molecule has 1 aromatic rings. The van der Waals surface area contributed by atoms with Gasteiger partial charge >= 0.3 is 5.97 Å². The molecule has 2 rings (SSSR count). The maximum atomic E-state index is 13.4. The topological polar surface area (TPSA) is 26.3 Å². The summed E-state index contributed by atoms with van der Waals surface area (Å²) in [5.74, 6) is 0.183. The Labute approximate surface area is 141 Å². The van der Waals surface area contributed by atoms with Gasteiger partial charge in [0.2, 0.25) is 0 Å². The van der Waals surface area contributed by atoms with E-state index in [1.165, 1.54) is 12.5 Å². The van der Waals surface area contributed by atoms with Gasteiger partial charge in [-0.3, -0.25) is 28.3 Å². The summed E-state index contributed by atoms with van der Waals surface area (Å²) in [5.41, 5.74) is 0. The molecule has 0 heterocycles. The Balaban J connectivity index is -0.000000400. The minimum absolute atomic E-state index is 0. The average molecular weight is 382 g/mol. The number of carbonyl (C=O) groups excluding carboxylic acids is 1. The third-order valence-electron chi connectivity index (χ3n) is 3.81. The molecule has 144 valence electrons. The Morgan fingerprint density at radius 2 is 1.62 bits per heavy atom. The zero-order valence-corrected chi connectivity index (χ0v) is 14.0. The largest absolute Gasteiger partial charge is 0.386 e. The highest BCUT2D eigenvalue weighted by molar-refractivity contribution is 7.95. The van der Waals surface area contributed by atoms with Crippen LogP contribution in [0, 0.1) is 17.7 Å². The SMILES string of the molecule is CCC1CCC(C(=O)OSc2ccccc2F)CC1.F.F.F.F.F. The van der Waals surface area contributed by atoms with E-state index in [2.05, 4.69) is 6.92 Å². The van der Waals surface area contributed by atoms with Gasteiger partial charge in [-0.1, -0.05) is 25.5 Å². The molecule has 0 aliphatic heterocycles. The Hall–Kier alpha value is -1.38. The first-order valence-electron chi connectivity index (χ1n) is 6.83. The monoisotopic (exact) mass is 382 g/mol. The van der Waals surface area contributed by atoms with E-state index < -0.39 is 0 Å². The molecular formula is C15H24F6O2S. The Morgan fingerprint density at radius 1 is 1.08 bits per heavy atom. The van der Waals surface area contributed by atoms with Gasteiger partial charge in [-0.25, -0.2) is 4.39 Å². The van der Waals surface area contributed by atoms with Crippen molar-refractivity contribution in [3.63, 3.8) is 0 Å². The van der Waals surface area contributed by atoms with Crippen molar-refractivity contribution in [1.82, 2.24) is 0 Å². The van der Waals surface area contributed by atoms with Crippen molar-refractivity contribution in [2.24, 2.45) is 11.8 Å². The summed E-state index contributed by atoms with van der Waals surface area (Å²) >= 11 is 0.831. The lowest BCUT2D eigenvalue weighted by Gasteiger charge is -2.25. The van der Waals surface area contributed by atoms with Crippen LogP contribution in [0.2, 0.25) is 0 Å². The zero-order valence-electron chi connectivity index (χ0n) is 13.1. The molecule has 0 saturated heterocycles. The third kappa shape index (κ3) is 8.47. The molecule has 0 N–H and O–H groups in total. The average Bonchev–Trinajstić information content (AvgIpc) is 2.46. The van der Waals surface area contributed by atoms with Crippen molar-refractivity contribution in [2.45, 2.75) is 43.9 Å². The van der Waals surface area contributed by atoms with E-state index in [-0.39, 0.29) is 41.2 Å². The molecule has 0 aromatic heterocycles. The first-order valence-corrected chi connectivity index (χ1v) is 7.57. The first kappa shape index (κ1) is 30.5. The molecule has 0 bridgehead atoms. The van der Waals surface area contributed by atoms with Crippen molar-refractivity contribution in [2.75, 3.05) is 0 Å². The smallest absolute Gasteiger partial charge is 0.321 e. The molecule has 1 saturated carbocycles. The molecule has 2 nitrogen and oxygen atoms in total. The first-order chi connectivity index (χ1) is 9.20. The molecule has 0 atom stereocenters. The minimum atomic E-state index is -0.352. The van der Waals surface area contributed by atoms with Gasteiger partial charge in [0.05, 0.1) is 22.9 Å². The van der Waals surface area contributed by atoms with E-state index >= 15 is 0 Å². The molecule has 0 amide bonds. The van der Waals surface area contributed by atoms with Crippen molar-refractivity contribution in [3.8, 4) is 0 Å². The van der Waals surface area contributed by atoms with Crippen LogP contribution in [0.25, 0.3) is 0 Å². The molecule has 1 aliphatic rings. The maximum absolute atomic E-state index is 13.4. The standard InChI is InChI=1S/C15H19FO2S.5FH/c1-2-11-7-9-12(10-8-11)15(17)18-19-14-6-4-3-5-13(14)16;;;;;/h3-6,11-12H,2,7-10H2,1H3;5*1H. The van der Waals surface area contributed by atoms with Gasteiger partial charge in [-0.2, -0.15) is 0 Å². The maximum Gasteiger partial charge on any atom is 0.321 e. The second kappa shape index (κ2) is 15.2. The van der Waals surface area contributed by atoms with Crippen LogP contribution in [0.1, 0.15) is 39.0 Å². The predicted molar refractivity (Wildman–Crippen MR) is 86.6 cm³/mol. The highest BCUT2D eigenvalue weighted by Crippen LogP contribution is 2.33. The van der Waals surface area contributed by atoms with Crippen LogP contribution in [0.5, 0.6) is 0 Å². The van der Waals surface area contributed by atoms with Crippen LogP contribution >= 0.6 is 12.0 Å². The predicted octanol–water partition coefficient (Wildman–Crippen LogP) is 5.35. The highest BCUT2D eigenvalue weighted by atomic mass is 32.2. The van der Waals surface area contributed by atoms with Crippen molar-refractivity contribution in [1.29, 1.82) is 0 Å². The fourth-order valence-electron chi connectivity index (χ4n) is 2.47. The van der Waals surface area contributed by atoms with Gasteiger partial charge in [-0.05, 0) is 43.7 Å². The van der Waals surface area contributed by atoms with Crippen LogP contribution in [0.3, 0.4) is 0 Å². The Bertz CT molecular complexity index is 442. The summed E-state index contributed by atoms with van der Waals surface area (Å²) in [6.45, 7) is 2.19. The van der Waals surface area contributed by atoms with E-state index in [0.717, 1.165) is 43.6 Å². The van der Waals surface area contributed by atoms with Gasteiger partial charge in [0.1, 0.15) is 5.82 Å². The molecule has 0 unspecified atom stereocenters. The molecule has 1 fully saturated rings. The lowest BCUT2D eigenvalue weighted by Crippen LogP contribution is -2.22. The van der Waals surface area contributed by atoms with Gasteiger partial charge in [-0.15, -0.1) is 0 Å². The van der Waals surface area contributed by atoms with Crippen molar-refractivity contribution >= 4 is 18.0 Å². The summed E-state index contributed by atoms with van der Waals surface area (Å²) in [5, 5.41) is 0. The summed E-state index contributed by atoms with van der Waals surface area (Å²) in [4.78, 5) is 12.3. The van der Waals surface area contributed by atoms with Gasteiger partial charge in [0, 0.05) is 0 Å². The lowest BCUT2D eigenvalue weighted by atomic mass is 9.81. The molecule has 1 aliphatic carbocycles. The Kier molecular flexibility index (Phi) is 19.3. The fourth-order valence-corrected chi connectivity index (χ4v) is 3.06. The fraction of sp³-hybridized carbons (Fsp3) is 0.533. The molecule has 0 radical (unpaired) electrons. The molecule has 24 heavy (non-hydrogen) atoms. The Morgan fingerprint density at radius 3 is 2.12 bits per heavy atom. The lowest BCUT2D eigenvalue weighted by molar-refractivity contribution is -0.138. The van der Waals surface area contributed by atoms with Gasteiger partial charge < -0.3 is 4.18 Å². The number of hydrogen-bond acceptors (Lipinski definition) is 3. The van der Waals surface area contributed by atoms with Crippen LogP contribution in [0.15, 0.2) is 29.2 Å². The second-order valence-electron chi connectivity index (χ2n) is 5.04. The van der Waals surface area contributed by atoms with Crippen molar-refractivity contribution < 1.29 is 36.9 Å². The normalized spacial score (nSPS) is 18.2. The van der Waals surface area contributed by atoms with Crippen LogP contribution in [-0.2, 0) is 8.98 Å². The van der Waals surface area contributed by atoms with E-state index in [9.17, 15) is 9.18 Å². The van der Waals surface area contributed by atoms with Crippen LogP contribution in [0.4, 0.5) is 27.9 Å². The number of carbonyl (C=O) groups is 1. The number of halogens is 6. The van der Waals surface area contributed by atoms with E-state index in [1.807, 2.05) is 0 Å². The summed E-state index contributed by atoms with van der Waals surface area (Å²) < 4.78 is 18.5. The quantitative estimate of drug-likeness (QED) is 0.518. The second-order valence-corrected chi connectivity index (χ2v) is 5.82. The van der Waals surface area contributed by atoms with Gasteiger partial charge in [0.25, 0.3) is 0 Å². The van der Waals surface area contributed by atoms with Gasteiger partial charge in [0.15, 0.2) is 0 Å². The van der Waals surface area contributed by atoms with E-state index in [1.54, 1.807) is 18.2 Å². The zero-order chi connectivity index (χ0) is 13.7. The van der Waals surface area contributed by atoms with Crippen LogP contribution < -0.4 is 0 Å². The molecule has 9 heteroatoms. The van der Waals surface area contributed by atoms with E-state index in [4.69, 9.17) is 4.18 Å². The van der Waals surface area contributed by atoms with Crippen LogP contribution in [-0.4, -0.2) is 5.97 Å². The summed E-state index contributed by atoms with van der Waals surface area (Å²) in [7, 11) is 0. The summed E-state index contributed by atoms with van der Waals surface area (Å²) in [6, 6.07) is 6.32. The molecule has 0 spiro atoms. The molecule has 1 aromatic carbocycles. The third-order valence-corrected chi connectivity index (χ3v) is 4.57. The summed E-state index contributed by atoms with van der Waals surface area (Å²) in [6.07, 6.45) is 5.18. The molecular weight excluding hydrogens is 358 g/mol. The number of rotatable bonds is 4. The van der Waals surface area contributed by atoms with Crippen molar-refractivity contribution in [3.05, 3.63) is 30.1 Å². The number of hydrogen-bond donors (Lipinski definition) is 0.